The minimum Gasteiger partial charge on any atom is -0.227 e. The van der Waals surface area contributed by atoms with E-state index in [-0.39, 0.29) is 0 Å². The van der Waals surface area contributed by atoms with E-state index in [1.807, 2.05) is 13.0 Å². The fourth-order valence-electron chi connectivity index (χ4n) is 1.28. The monoisotopic (exact) mass is 268 g/mol. The Kier molecular flexibility index (Phi) is 2.65. The van der Waals surface area contributed by atoms with Gasteiger partial charge in [0.1, 0.15) is 0 Å². The van der Waals surface area contributed by atoms with Crippen LogP contribution in [0.5, 0.6) is 0 Å². The van der Waals surface area contributed by atoms with Gasteiger partial charge in [0.05, 0.1) is 10.6 Å². The fourth-order valence-corrected chi connectivity index (χ4v) is 2.64. The van der Waals surface area contributed by atoms with Gasteiger partial charge in [0, 0.05) is 5.69 Å². The van der Waals surface area contributed by atoms with Crippen LogP contribution < -0.4 is 0 Å². The van der Waals surface area contributed by atoms with Crippen molar-refractivity contribution in [3.8, 4) is 10.6 Å². The van der Waals surface area contributed by atoms with Crippen LogP contribution in [0.3, 0.4) is 0 Å². The molecule has 0 unspecified atom stereocenters. The maximum Gasteiger partial charge on any atom is 0.197 e. The lowest BCUT2D eigenvalue weighted by molar-refractivity contribution is 1.06. The largest absolute Gasteiger partial charge is 0.227 e. The first-order valence-electron chi connectivity index (χ1n) is 4.22. The highest BCUT2D eigenvalue weighted by Crippen LogP contribution is 2.28. The molecule has 0 bridgehead atoms. The van der Waals surface area contributed by atoms with Crippen LogP contribution >= 0.6 is 27.3 Å². The van der Waals surface area contributed by atoms with Crippen LogP contribution in [0.25, 0.3) is 10.6 Å². The molecule has 0 aliphatic rings. The third-order valence-corrected chi connectivity index (χ3v) is 3.32. The molecule has 0 saturated heterocycles. The first-order chi connectivity index (χ1) is 6.66. The number of hydrogen-bond acceptors (Lipinski definition) is 3. The van der Waals surface area contributed by atoms with Crippen molar-refractivity contribution in [2.24, 2.45) is 0 Å². The van der Waals surface area contributed by atoms with E-state index in [9.17, 15) is 0 Å². The molecule has 0 aliphatic heterocycles. The average Bonchev–Trinajstić information content (AvgIpc) is 2.49. The van der Waals surface area contributed by atoms with Crippen molar-refractivity contribution in [2.45, 2.75) is 13.8 Å². The summed E-state index contributed by atoms with van der Waals surface area (Å²) < 4.78 is 0.653. The van der Waals surface area contributed by atoms with Crippen molar-refractivity contribution in [2.75, 3.05) is 0 Å². The van der Waals surface area contributed by atoms with Gasteiger partial charge in [0.25, 0.3) is 0 Å². The van der Waals surface area contributed by atoms with Gasteiger partial charge in [-0.05, 0) is 52.9 Å². The van der Waals surface area contributed by atoms with Crippen LogP contribution in [0.4, 0.5) is 0 Å². The van der Waals surface area contributed by atoms with Crippen molar-refractivity contribution >= 4 is 27.3 Å². The molecule has 4 heteroatoms. The Morgan fingerprint density at radius 2 is 2.07 bits per heavy atom. The van der Waals surface area contributed by atoms with E-state index in [2.05, 4.69) is 44.3 Å². The normalized spacial score (nSPS) is 10.5. The molecule has 0 aromatic carbocycles. The Morgan fingerprint density at radius 1 is 1.29 bits per heavy atom. The van der Waals surface area contributed by atoms with Crippen LogP contribution in [0, 0.1) is 13.8 Å². The van der Waals surface area contributed by atoms with Gasteiger partial charge in [-0.15, -0.1) is 11.3 Å². The molecule has 0 N–H and O–H groups in total. The molecule has 0 spiro atoms. The van der Waals surface area contributed by atoms with Crippen LogP contribution in [0.2, 0.25) is 0 Å². The van der Waals surface area contributed by atoms with Gasteiger partial charge < -0.3 is 0 Å². The quantitative estimate of drug-likeness (QED) is 0.739. The minimum absolute atomic E-state index is 0.653. The second-order valence-corrected chi connectivity index (χ2v) is 4.72. The van der Waals surface area contributed by atoms with Crippen LogP contribution in [-0.4, -0.2) is 9.97 Å². The Morgan fingerprint density at radius 3 is 2.64 bits per heavy atom. The Labute approximate surface area is 95.2 Å². The van der Waals surface area contributed by atoms with Crippen LogP contribution in [0.15, 0.2) is 22.2 Å². The number of hydrogen-bond donors (Lipinski definition) is 0. The third-order valence-electron chi connectivity index (χ3n) is 1.92. The highest BCUT2D eigenvalue weighted by atomic mass is 79.9. The zero-order valence-corrected chi connectivity index (χ0v) is 10.3. The molecular weight excluding hydrogens is 260 g/mol. The predicted octanol–water partition coefficient (Wildman–Crippen LogP) is 3.58. The topological polar surface area (TPSA) is 25.8 Å². The second-order valence-electron chi connectivity index (χ2n) is 3.10. The smallest absolute Gasteiger partial charge is 0.197 e. The lowest BCUT2D eigenvalue weighted by Crippen LogP contribution is -1.90. The Balaban J connectivity index is 2.57. The molecule has 0 aliphatic carbocycles. The summed E-state index contributed by atoms with van der Waals surface area (Å²) in [5.41, 5.74) is 3.24. The molecule has 0 saturated carbocycles. The van der Waals surface area contributed by atoms with E-state index in [4.69, 9.17) is 0 Å². The fraction of sp³-hybridized carbons (Fsp3) is 0.200. The lowest BCUT2D eigenvalue weighted by Gasteiger charge is -2.01. The first-order valence-corrected chi connectivity index (χ1v) is 5.90. The van der Waals surface area contributed by atoms with Gasteiger partial charge >= 0.3 is 0 Å². The summed E-state index contributed by atoms with van der Waals surface area (Å²) in [4.78, 5) is 9.76. The van der Waals surface area contributed by atoms with E-state index >= 15 is 0 Å². The van der Waals surface area contributed by atoms with E-state index in [0.29, 0.717) is 4.73 Å². The Hall–Kier alpha value is -0.740. The van der Waals surface area contributed by atoms with Gasteiger partial charge in [-0.3, -0.25) is 0 Å². The van der Waals surface area contributed by atoms with Gasteiger partial charge in [-0.25, -0.2) is 9.97 Å². The number of halogens is 1. The summed E-state index contributed by atoms with van der Waals surface area (Å²) in [6.07, 6.45) is 0. The van der Waals surface area contributed by atoms with Crippen LogP contribution in [-0.2, 0) is 0 Å². The van der Waals surface area contributed by atoms with E-state index in [0.717, 1.165) is 11.4 Å². The molecule has 2 nitrogen and oxygen atoms in total. The number of nitrogens with zero attached hydrogens (tertiary/aromatic N) is 2. The molecule has 2 aromatic rings. The molecule has 72 valence electrons. The summed E-state index contributed by atoms with van der Waals surface area (Å²) in [5.74, 6) is 0. The summed E-state index contributed by atoms with van der Waals surface area (Å²) >= 11 is 5.01. The molecule has 0 amide bonds. The zero-order valence-electron chi connectivity index (χ0n) is 7.91. The molecule has 0 radical (unpaired) electrons. The van der Waals surface area contributed by atoms with Crippen molar-refractivity contribution in [3.63, 3.8) is 0 Å². The number of rotatable bonds is 1. The molecule has 2 heterocycles. The van der Waals surface area contributed by atoms with Gasteiger partial charge in [-0.2, -0.15) is 0 Å². The maximum atomic E-state index is 4.35. The van der Waals surface area contributed by atoms with Crippen molar-refractivity contribution in [3.05, 3.63) is 33.5 Å². The zero-order chi connectivity index (χ0) is 10.1. The maximum absolute atomic E-state index is 4.35. The summed E-state index contributed by atoms with van der Waals surface area (Å²) in [6, 6.07) is 4.11. The summed E-state index contributed by atoms with van der Waals surface area (Å²) in [6.45, 7) is 4.07. The van der Waals surface area contributed by atoms with Gasteiger partial charge in [-0.1, -0.05) is 0 Å². The molecular formula is C10H9BrN2S. The van der Waals surface area contributed by atoms with Crippen LogP contribution in [0.1, 0.15) is 11.3 Å². The van der Waals surface area contributed by atoms with Gasteiger partial charge in [0.15, 0.2) is 4.73 Å². The number of aryl methyl sites for hydroxylation is 2. The highest BCUT2D eigenvalue weighted by molar-refractivity contribution is 9.10. The van der Waals surface area contributed by atoms with Gasteiger partial charge in [0.2, 0.25) is 0 Å². The molecule has 14 heavy (non-hydrogen) atoms. The van der Waals surface area contributed by atoms with E-state index < -0.39 is 0 Å². The number of aromatic nitrogens is 2. The number of thiophene rings is 1. The predicted molar refractivity (Wildman–Crippen MR) is 62.5 cm³/mol. The average molecular weight is 269 g/mol. The molecule has 0 atom stereocenters. The SMILES string of the molecule is Cc1cc(-c2sccc2C)nc(Br)n1. The molecule has 0 fully saturated rings. The Bertz CT molecular complexity index is 445. The first kappa shape index (κ1) is 9.80. The van der Waals surface area contributed by atoms with Crippen molar-refractivity contribution < 1.29 is 0 Å². The summed E-state index contributed by atoms with van der Waals surface area (Å²) in [5, 5.41) is 2.08. The van der Waals surface area contributed by atoms with Crippen molar-refractivity contribution in [1.29, 1.82) is 0 Å². The highest BCUT2D eigenvalue weighted by Gasteiger charge is 2.06. The lowest BCUT2D eigenvalue weighted by atomic mass is 10.2. The minimum atomic E-state index is 0.653. The molecule has 2 aromatic heterocycles. The molecule has 2 rings (SSSR count). The standard InChI is InChI=1S/C10H9BrN2S/c1-6-3-4-14-9(6)8-5-7(2)12-10(11)13-8/h3-5H,1-2H3. The van der Waals surface area contributed by atoms with Crippen molar-refractivity contribution in [1.82, 2.24) is 9.97 Å². The van der Waals surface area contributed by atoms with E-state index in [1.165, 1.54) is 10.4 Å². The second kappa shape index (κ2) is 3.79. The summed E-state index contributed by atoms with van der Waals surface area (Å²) in [7, 11) is 0. The third kappa shape index (κ3) is 1.86. The van der Waals surface area contributed by atoms with E-state index in [1.54, 1.807) is 11.3 Å².